The van der Waals surface area contributed by atoms with E-state index in [0.29, 0.717) is 12.2 Å². The molecule has 0 bridgehead atoms. The third-order valence-electron chi connectivity index (χ3n) is 2.88. The normalized spacial score (nSPS) is 13.9. The van der Waals surface area contributed by atoms with Gasteiger partial charge < -0.3 is 14.7 Å². The first-order valence-corrected chi connectivity index (χ1v) is 5.32. The molecule has 0 radical (unpaired) electrons. The first kappa shape index (κ1) is 11.0. The van der Waals surface area contributed by atoms with Crippen LogP contribution in [-0.2, 0) is 11.2 Å². The van der Waals surface area contributed by atoms with Crippen LogP contribution in [0.5, 0.6) is 0 Å². The average Bonchev–Trinajstić information content (AvgIpc) is 2.68. The summed E-state index contributed by atoms with van der Waals surface area (Å²) in [6, 6.07) is 5.32. The Balaban J connectivity index is 2.18. The molecule has 1 heterocycles. The number of hydrogen-bond donors (Lipinski definition) is 1. The molecule has 1 aliphatic rings. The fourth-order valence-electron chi connectivity index (χ4n) is 2.04. The number of carboxylic acids is 1. The van der Waals surface area contributed by atoms with Gasteiger partial charge in [-0.2, -0.15) is 0 Å². The Hall–Kier alpha value is -1.55. The highest BCUT2D eigenvalue weighted by Crippen LogP contribution is 2.28. The van der Waals surface area contributed by atoms with Crippen molar-refractivity contribution in [2.24, 2.45) is 0 Å². The van der Waals surface area contributed by atoms with Gasteiger partial charge in [-0.25, -0.2) is 4.79 Å². The Morgan fingerprint density at radius 2 is 2.38 bits per heavy atom. The molecule has 0 saturated carbocycles. The molecule has 0 aliphatic carbocycles. The number of benzene rings is 1. The highest BCUT2D eigenvalue weighted by atomic mass is 16.5. The fraction of sp³-hybridized carbons (Fsp3) is 0.417. The first-order valence-electron chi connectivity index (χ1n) is 5.32. The van der Waals surface area contributed by atoms with Crippen LogP contribution in [0.4, 0.5) is 5.69 Å². The minimum absolute atomic E-state index is 0.368. The summed E-state index contributed by atoms with van der Waals surface area (Å²) in [5.41, 5.74) is 2.63. The van der Waals surface area contributed by atoms with Crippen LogP contribution in [-0.4, -0.2) is 37.9 Å². The number of carbonyl (C=O) groups is 1. The smallest absolute Gasteiger partial charge is 0.335 e. The fourth-order valence-corrected chi connectivity index (χ4v) is 2.04. The Labute approximate surface area is 94.4 Å². The van der Waals surface area contributed by atoms with Crippen molar-refractivity contribution in [3.05, 3.63) is 29.3 Å². The number of fused-ring (bicyclic) bond motifs is 1. The van der Waals surface area contributed by atoms with Gasteiger partial charge in [0.05, 0.1) is 12.2 Å². The number of hydrogen-bond acceptors (Lipinski definition) is 3. The van der Waals surface area contributed by atoms with Gasteiger partial charge >= 0.3 is 5.97 Å². The van der Waals surface area contributed by atoms with E-state index in [9.17, 15) is 4.79 Å². The van der Waals surface area contributed by atoms with E-state index in [-0.39, 0.29) is 0 Å². The van der Waals surface area contributed by atoms with Crippen LogP contribution < -0.4 is 4.90 Å². The van der Waals surface area contributed by atoms with Gasteiger partial charge in [0.2, 0.25) is 0 Å². The van der Waals surface area contributed by atoms with Gasteiger partial charge in [-0.3, -0.25) is 0 Å². The van der Waals surface area contributed by atoms with E-state index < -0.39 is 5.97 Å². The maximum absolute atomic E-state index is 10.8. The summed E-state index contributed by atoms with van der Waals surface area (Å²) in [5.74, 6) is -0.863. The molecule has 0 aromatic heterocycles. The van der Waals surface area contributed by atoms with Crippen molar-refractivity contribution in [2.75, 3.05) is 31.7 Å². The summed E-state index contributed by atoms with van der Waals surface area (Å²) in [6.45, 7) is 2.50. The van der Waals surface area contributed by atoms with E-state index in [4.69, 9.17) is 9.84 Å². The molecular weight excluding hydrogens is 206 g/mol. The largest absolute Gasteiger partial charge is 0.478 e. The maximum Gasteiger partial charge on any atom is 0.335 e. The second-order valence-corrected chi connectivity index (χ2v) is 3.88. The lowest BCUT2D eigenvalue weighted by molar-refractivity contribution is 0.0697. The van der Waals surface area contributed by atoms with Crippen molar-refractivity contribution < 1.29 is 14.6 Å². The molecule has 0 atom stereocenters. The minimum Gasteiger partial charge on any atom is -0.478 e. The Bertz CT molecular complexity index is 403. The molecule has 0 amide bonds. The molecule has 1 aromatic carbocycles. The van der Waals surface area contributed by atoms with E-state index >= 15 is 0 Å². The van der Waals surface area contributed by atoms with Gasteiger partial charge in [0, 0.05) is 25.9 Å². The lowest BCUT2D eigenvalue weighted by Crippen LogP contribution is -2.24. The number of nitrogens with zero attached hydrogens (tertiary/aromatic N) is 1. The number of rotatable bonds is 4. The van der Waals surface area contributed by atoms with E-state index in [1.807, 2.05) is 6.07 Å². The third kappa shape index (κ3) is 2.02. The standard InChI is InChI=1S/C12H15NO3/c1-16-7-6-13-5-4-9-8-10(12(14)15)2-3-11(9)13/h2-3,8H,4-7H2,1H3,(H,14,15). The molecule has 16 heavy (non-hydrogen) atoms. The van der Waals surface area contributed by atoms with Crippen molar-refractivity contribution in [2.45, 2.75) is 6.42 Å². The molecule has 0 unspecified atom stereocenters. The van der Waals surface area contributed by atoms with Gasteiger partial charge in [0.15, 0.2) is 0 Å². The molecule has 0 saturated heterocycles. The zero-order valence-electron chi connectivity index (χ0n) is 9.27. The number of anilines is 1. The number of ether oxygens (including phenoxy) is 1. The third-order valence-corrected chi connectivity index (χ3v) is 2.88. The predicted molar refractivity (Wildman–Crippen MR) is 61.2 cm³/mol. The maximum atomic E-state index is 10.8. The molecular formula is C12H15NO3. The molecule has 1 aliphatic heterocycles. The zero-order valence-corrected chi connectivity index (χ0v) is 9.27. The molecule has 1 N–H and O–H groups in total. The lowest BCUT2D eigenvalue weighted by atomic mass is 10.1. The molecule has 86 valence electrons. The van der Waals surface area contributed by atoms with Crippen LogP contribution in [0.2, 0.25) is 0 Å². The minimum atomic E-state index is -0.863. The monoisotopic (exact) mass is 221 g/mol. The van der Waals surface area contributed by atoms with Gasteiger partial charge in [-0.1, -0.05) is 0 Å². The van der Waals surface area contributed by atoms with Crippen LogP contribution in [0.25, 0.3) is 0 Å². The van der Waals surface area contributed by atoms with Crippen LogP contribution in [0, 0.1) is 0 Å². The van der Waals surface area contributed by atoms with E-state index in [2.05, 4.69) is 4.90 Å². The summed E-state index contributed by atoms with van der Waals surface area (Å²) in [4.78, 5) is 13.0. The van der Waals surface area contributed by atoms with Crippen LogP contribution in [0.3, 0.4) is 0 Å². The highest BCUT2D eigenvalue weighted by Gasteiger charge is 2.19. The van der Waals surface area contributed by atoms with E-state index in [0.717, 1.165) is 30.8 Å². The van der Waals surface area contributed by atoms with Crippen molar-refractivity contribution >= 4 is 11.7 Å². The molecule has 0 spiro atoms. The number of aromatic carboxylic acids is 1. The van der Waals surface area contributed by atoms with Crippen LogP contribution in [0.1, 0.15) is 15.9 Å². The summed E-state index contributed by atoms with van der Waals surface area (Å²) < 4.78 is 5.04. The second-order valence-electron chi connectivity index (χ2n) is 3.88. The quantitative estimate of drug-likeness (QED) is 0.834. The Kier molecular flexibility index (Phi) is 3.10. The Morgan fingerprint density at radius 1 is 1.56 bits per heavy atom. The Morgan fingerprint density at radius 3 is 3.06 bits per heavy atom. The van der Waals surface area contributed by atoms with Crippen LogP contribution >= 0.6 is 0 Å². The first-order chi connectivity index (χ1) is 7.72. The molecule has 4 nitrogen and oxygen atoms in total. The molecule has 0 fully saturated rings. The number of methoxy groups -OCH3 is 1. The summed E-state index contributed by atoms with van der Waals surface area (Å²) in [7, 11) is 1.69. The number of carboxylic acid groups (broad SMARTS) is 1. The summed E-state index contributed by atoms with van der Waals surface area (Å²) in [5, 5.41) is 8.89. The molecule has 2 rings (SSSR count). The molecule has 1 aromatic rings. The van der Waals surface area contributed by atoms with Gasteiger partial charge in [-0.15, -0.1) is 0 Å². The average molecular weight is 221 g/mol. The topological polar surface area (TPSA) is 49.8 Å². The van der Waals surface area contributed by atoms with Gasteiger partial charge in [0.1, 0.15) is 0 Å². The summed E-state index contributed by atoms with van der Waals surface area (Å²) >= 11 is 0. The van der Waals surface area contributed by atoms with Gasteiger partial charge in [-0.05, 0) is 30.2 Å². The SMILES string of the molecule is COCCN1CCc2cc(C(=O)O)ccc21. The van der Waals surface area contributed by atoms with Crippen molar-refractivity contribution in [3.63, 3.8) is 0 Å². The van der Waals surface area contributed by atoms with Crippen molar-refractivity contribution in [1.29, 1.82) is 0 Å². The summed E-state index contributed by atoms with van der Waals surface area (Å²) in [6.07, 6.45) is 0.917. The molecule has 4 heteroatoms. The lowest BCUT2D eigenvalue weighted by Gasteiger charge is -2.18. The second kappa shape index (κ2) is 4.53. The highest BCUT2D eigenvalue weighted by molar-refractivity contribution is 5.88. The van der Waals surface area contributed by atoms with E-state index in [1.54, 1.807) is 19.2 Å². The zero-order chi connectivity index (χ0) is 11.5. The van der Waals surface area contributed by atoms with Crippen LogP contribution in [0.15, 0.2) is 18.2 Å². The van der Waals surface area contributed by atoms with Gasteiger partial charge in [0.25, 0.3) is 0 Å². The van der Waals surface area contributed by atoms with Crippen molar-refractivity contribution in [1.82, 2.24) is 0 Å². The van der Waals surface area contributed by atoms with Crippen molar-refractivity contribution in [3.8, 4) is 0 Å². The van der Waals surface area contributed by atoms with E-state index in [1.165, 1.54) is 0 Å². The predicted octanol–water partition coefficient (Wildman–Crippen LogP) is 1.39.